The van der Waals surface area contributed by atoms with Crippen molar-refractivity contribution in [1.82, 2.24) is 4.90 Å². The molecule has 164 valence electrons. The first-order valence-electron chi connectivity index (χ1n) is 10.2. The molecular formula is C23H26ClN3O4. The molecule has 1 fully saturated rings. The smallest absolute Gasteiger partial charge is 0.257 e. The molecule has 1 aliphatic heterocycles. The van der Waals surface area contributed by atoms with Gasteiger partial charge in [0.25, 0.3) is 5.91 Å². The first-order valence-corrected chi connectivity index (χ1v) is 10.6. The van der Waals surface area contributed by atoms with Crippen LogP contribution in [0.5, 0.6) is 5.75 Å². The normalized spacial score (nSPS) is 14.1. The summed E-state index contributed by atoms with van der Waals surface area (Å²) in [4.78, 5) is 38.7. The van der Waals surface area contributed by atoms with Crippen LogP contribution in [0.25, 0.3) is 0 Å². The van der Waals surface area contributed by atoms with Gasteiger partial charge in [0.15, 0.2) is 0 Å². The molecule has 3 amide bonds. The highest BCUT2D eigenvalue weighted by Crippen LogP contribution is 2.27. The number of methoxy groups -OCH3 is 1. The summed E-state index contributed by atoms with van der Waals surface area (Å²) in [6, 6.07) is 12.0. The molecule has 31 heavy (non-hydrogen) atoms. The van der Waals surface area contributed by atoms with E-state index in [2.05, 4.69) is 10.6 Å². The number of piperidine rings is 1. The van der Waals surface area contributed by atoms with E-state index >= 15 is 0 Å². The number of carbonyl (C=O) groups excluding carboxylic acids is 3. The monoisotopic (exact) mass is 443 g/mol. The Hall–Kier alpha value is -3.06. The molecule has 0 unspecified atom stereocenters. The number of carbonyl (C=O) groups is 3. The van der Waals surface area contributed by atoms with Crippen LogP contribution in [0.1, 0.15) is 36.5 Å². The lowest BCUT2D eigenvalue weighted by molar-refractivity contribution is -0.121. The molecule has 0 radical (unpaired) electrons. The number of anilines is 2. The van der Waals surface area contributed by atoms with Gasteiger partial charge in [-0.15, -0.1) is 0 Å². The number of nitrogens with one attached hydrogen (secondary N) is 2. The van der Waals surface area contributed by atoms with Crippen LogP contribution in [0, 0.1) is 5.92 Å². The molecule has 0 atom stereocenters. The van der Waals surface area contributed by atoms with Crippen molar-refractivity contribution in [3.8, 4) is 5.75 Å². The van der Waals surface area contributed by atoms with Crippen LogP contribution >= 0.6 is 11.6 Å². The first kappa shape index (κ1) is 22.6. The Morgan fingerprint density at radius 2 is 1.65 bits per heavy atom. The van der Waals surface area contributed by atoms with Crippen molar-refractivity contribution in [3.63, 3.8) is 0 Å². The minimum Gasteiger partial charge on any atom is -0.496 e. The third kappa shape index (κ3) is 5.76. The molecule has 0 aromatic heterocycles. The number of likely N-dealkylation sites (tertiary alicyclic amines) is 1. The van der Waals surface area contributed by atoms with Crippen molar-refractivity contribution in [2.24, 2.45) is 5.92 Å². The van der Waals surface area contributed by atoms with Crippen LogP contribution in [0.15, 0.2) is 42.5 Å². The van der Waals surface area contributed by atoms with Crippen molar-refractivity contribution in [3.05, 3.63) is 53.1 Å². The number of halogens is 1. The summed E-state index contributed by atoms with van der Waals surface area (Å²) in [5, 5.41) is 6.16. The van der Waals surface area contributed by atoms with Gasteiger partial charge in [-0.05, 0) is 55.3 Å². The molecule has 0 spiro atoms. The lowest BCUT2D eigenvalue weighted by atomic mass is 9.95. The third-order valence-electron chi connectivity index (χ3n) is 5.30. The van der Waals surface area contributed by atoms with Crippen LogP contribution in [0.4, 0.5) is 11.4 Å². The molecule has 8 heteroatoms. The molecule has 3 rings (SSSR count). The number of hydrogen-bond donors (Lipinski definition) is 2. The average Bonchev–Trinajstić information content (AvgIpc) is 2.79. The zero-order chi connectivity index (χ0) is 22.4. The van der Waals surface area contributed by atoms with Gasteiger partial charge >= 0.3 is 0 Å². The van der Waals surface area contributed by atoms with E-state index in [1.807, 2.05) is 0 Å². The van der Waals surface area contributed by atoms with E-state index in [1.54, 1.807) is 54.3 Å². The topological polar surface area (TPSA) is 87.7 Å². The molecule has 2 aromatic rings. The fourth-order valence-electron chi connectivity index (χ4n) is 3.49. The quantitative estimate of drug-likeness (QED) is 0.700. The zero-order valence-corrected chi connectivity index (χ0v) is 18.4. The largest absolute Gasteiger partial charge is 0.496 e. The van der Waals surface area contributed by atoms with Gasteiger partial charge in [0.2, 0.25) is 11.8 Å². The third-order valence-corrected chi connectivity index (χ3v) is 5.54. The van der Waals surface area contributed by atoms with E-state index in [0.29, 0.717) is 60.1 Å². The van der Waals surface area contributed by atoms with Crippen LogP contribution in [-0.2, 0) is 9.59 Å². The summed E-state index contributed by atoms with van der Waals surface area (Å²) >= 11 is 6.04. The number of ether oxygens (including phenoxy) is 1. The van der Waals surface area contributed by atoms with E-state index < -0.39 is 0 Å². The first-order chi connectivity index (χ1) is 14.9. The van der Waals surface area contributed by atoms with E-state index in [1.165, 1.54) is 7.11 Å². The molecule has 1 saturated heterocycles. The van der Waals surface area contributed by atoms with Crippen molar-refractivity contribution in [1.29, 1.82) is 0 Å². The Balaban J connectivity index is 1.54. The molecule has 1 aliphatic rings. The molecular weight excluding hydrogens is 418 g/mol. The second kappa shape index (κ2) is 10.3. The van der Waals surface area contributed by atoms with Crippen molar-refractivity contribution in [2.45, 2.75) is 26.2 Å². The van der Waals surface area contributed by atoms with Crippen LogP contribution in [-0.4, -0.2) is 42.8 Å². The van der Waals surface area contributed by atoms with E-state index in [0.717, 1.165) is 0 Å². The Bertz CT molecular complexity index is 954. The summed E-state index contributed by atoms with van der Waals surface area (Å²) < 4.78 is 5.28. The molecule has 7 nitrogen and oxygen atoms in total. The lowest BCUT2D eigenvalue weighted by Gasteiger charge is -2.31. The molecule has 0 aliphatic carbocycles. The number of benzene rings is 2. The number of nitrogens with zero attached hydrogens (tertiary/aromatic N) is 1. The zero-order valence-electron chi connectivity index (χ0n) is 17.6. The minimum absolute atomic E-state index is 0.0616. The number of amides is 3. The summed E-state index contributed by atoms with van der Waals surface area (Å²) in [5.41, 5.74) is 1.78. The van der Waals surface area contributed by atoms with Crippen molar-refractivity contribution >= 4 is 40.7 Å². The minimum atomic E-state index is -0.176. The Morgan fingerprint density at radius 3 is 2.23 bits per heavy atom. The predicted molar refractivity (Wildman–Crippen MR) is 121 cm³/mol. The van der Waals surface area contributed by atoms with Crippen LogP contribution in [0.2, 0.25) is 5.02 Å². The fraction of sp³-hybridized carbons (Fsp3) is 0.348. The number of hydrogen-bond acceptors (Lipinski definition) is 4. The standard InChI is InChI=1S/C23H26ClN3O4/c1-3-21(28)25-17-5-7-18(8-6-17)26-22(29)15-10-12-27(13-11-15)23(30)19-14-16(24)4-9-20(19)31-2/h4-9,14-15H,3,10-13H2,1-2H3,(H,25,28)(H,26,29). The van der Waals surface area contributed by atoms with E-state index in [4.69, 9.17) is 16.3 Å². The van der Waals surface area contributed by atoms with Crippen molar-refractivity contribution in [2.75, 3.05) is 30.8 Å². The van der Waals surface area contributed by atoms with E-state index in [-0.39, 0.29) is 23.6 Å². The highest BCUT2D eigenvalue weighted by atomic mass is 35.5. The Kier molecular flexibility index (Phi) is 7.52. The van der Waals surface area contributed by atoms with Gasteiger partial charge in [0, 0.05) is 41.8 Å². The SMILES string of the molecule is CCC(=O)Nc1ccc(NC(=O)C2CCN(C(=O)c3cc(Cl)ccc3OC)CC2)cc1. The maximum atomic E-state index is 12.9. The summed E-state index contributed by atoms with van der Waals surface area (Å²) in [7, 11) is 1.51. The number of rotatable bonds is 6. The van der Waals surface area contributed by atoms with Gasteiger partial charge < -0.3 is 20.3 Å². The Labute approximate surface area is 186 Å². The maximum absolute atomic E-state index is 12.9. The summed E-state index contributed by atoms with van der Waals surface area (Å²) in [6.45, 7) is 2.75. The molecule has 0 saturated carbocycles. The average molecular weight is 444 g/mol. The van der Waals surface area contributed by atoms with Gasteiger partial charge in [0.1, 0.15) is 5.75 Å². The van der Waals surface area contributed by atoms with Gasteiger partial charge in [-0.25, -0.2) is 0 Å². The summed E-state index contributed by atoms with van der Waals surface area (Å²) in [5.74, 6) is 0.0202. The molecule has 2 N–H and O–H groups in total. The van der Waals surface area contributed by atoms with Crippen molar-refractivity contribution < 1.29 is 19.1 Å². The van der Waals surface area contributed by atoms with Gasteiger partial charge in [-0.1, -0.05) is 18.5 Å². The molecule has 1 heterocycles. The fourth-order valence-corrected chi connectivity index (χ4v) is 3.67. The van der Waals surface area contributed by atoms with Gasteiger partial charge in [0.05, 0.1) is 12.7 Å². The maximum Gasteiger partial charge on any atom is 0.257 e. The molecule has 2 aromatic carbocycles. The second-order valence-corrected chi connectivity index (χ2v) is 7.82. The van der Waals surface area contributed by atoms with E-state index in [9.17, 15) is 14.4 Å². The predicted octanol–water partition coefficient (Wildman–Crippen LogP) is 4.19. The van der Waals surface area contributed by atoms with Gasteiger partial charge in [-0.3, -0.25) is 14.4 Å². The highest BCUT2D eigenvalue weighted by molar-refractivity contribution is 6.31. The second-order valence-electron chi connectivity index (χ2n) is 7.38. The van der Waals surface area contributed by atoms with Gasteiger partial charge in [-0.2, -0.15) is 0 Å². The Morgan fingerprint density at radius 1 is 1.03 bits per heavy atom. The highest BCUT2D eigenvalue weighted by Gasteiger charge is 2.29. The van der Waals surface area contributed by atoms with Crippen LogP contribution in [0.3, 0.4) is 0 Å². The molecule has 0 bridgehead atoms. The lowest BCUT2D eigenvalue weighted by Crippen LogP contribution is -2.41. The van der Waals surface area contributed by atoms with Crippen LogP contribution < -0.4 is 15.4 Å². The summed E-state index contributed by atoms with van der Waals surface area (Å²) in [6.07, 6.45) is 1.56.